The first-order valence-electron chi connectivity index (χ1n) is 4.04. The van der Waals surface area contributed by atoms with Crippen molar-refractivity contribution in [3.63, 3.8) is 0 Å². The molecule has 1 aromatic rings. The van der Waals surface area contributed by atoms with Gasteiger partial charge in [0.15, 0.2) is 0 Å². The van der Waals surface area contributed by atoms with E-state index in [0.717, 1.165) is 31.0 Å². The molecule has 13 heavy (non-hydrogen) atoms. The number of nitriles is 1. The monoisotopic (exact) mass is 195 g/mol. The minimum Gasteiger partial charge on any atom is -0.338 e. The Hall–Kier alpha value is -1.19. The van der Waals surface area contributed by atoms with Crippen LogP contribution in [0.4, 0.5) is 5.95 Å². The van der Waals surface area contributed by atoms with E-state index >= 15 is 0 Å². The molecule has 2 rings (SSSR count). The van der Waals surface area contributed by atoms with Crippen molar-refractivity contribution < 1.29 is 0 Å². The van der Waals surface area contributed by atoms with Crippen LogP contribution in [0.3, 0.4) is 0 Å². The fraction of sp³-hybridized carbons (Fsp3) is 0.571. The zero-order valence-electron chi connectivity index (χ0n) is 6.97. The van der Waals surface area contributed by atoms with Crippen LogP contribution in [0.15, 0.2) is 0 Å². The molecule has 0 bridgehead atoms. The van der Waals surface area contributed by atoms with Crippen LogP contribution in [0.2, 0.25) is 0 Å². The zero-order valence-corrected chi connectivity index (χ0v) is 7.79. The van der Waals surface area contributed by atoms with Gasteiger partial charge in [0.1, 0.15) is 6.07 Å². The highest BCUT2D eigenvalue weighted by Gasteiger charge is 2.22. The average molecular weight is 195 g/mol. The van der Waals surface area contributed by atoms with E-state index in [2.05, 4.69) is 9.36 Å². The SMILES string of the molecule is N#Cc1nc(N2CCC(N)C2)ns1. The van der Waals surface area contributed by atoms with E-state index in [1.807, 2.05) is 11.0 Å². The Morgan fingerprint density at radius 2 is 2.54 bits per heavy atom. The molecule has 1 aromatic heterocycles. The van der Waals surface area contributed by atoms with Gasteiger partial charge < -0.3 is 10.6 Å². The summed E-state index contributed by atoms with van der Waals surface area (Å²) in [5.41, 5.74) is 5.74. The third-order valence-electron chi connectivity index (χ3n) is 2.02. The summed E-state index contributed by atoms with van der Waals surface area (Å²) in [7, 11) is 0. The standard InChI is InChI=1S/C7H9N5S/c8-3-6-10-7(11-13-6)12-2-1-5(9)4-12/h5H,1-2,4,9H2. The first-order chi connectivity index (χ1) is 6.29. The molecule has 6 heteroatoms. The second-order valence-corrected chi connectivity index (χ2v) is 3.76. The van der Waals surface area contributed by atoms with E-state index in [9.17, 15) is 0 Å². The van der Waals surface area contributed by atoms with Crippen molar-refractivity contribution in [1.29, 1.82) is 5.26 Å². The van der Waals surface area contributed by atoms with E-state index in [1.54, 1.807) is 0 Å². The number of rotatable bonds is 1. The van der Waals surface area contributed by atoms with Crippen molar-refractivity contribution in [3.8, 4) is 6.07 Å². The first kappa shape index (κ1) is 8.41. The molecule has 0 amide bonds. The van der Waals surface area contributed by atoms with E-state index < -0.39 is 0 Å². The van der Waals surface area contributed by atoms with Gasteiger partial charge in [-0.25, -0.2) is 0 Å². The molecule has 1 aliphatic rings. The summed E-state index contributed by atoms with van der Waals surface area (Å²) in [6.45, 7) is 1.68. The van der Waals surface area contributed by atoms with Gasteiger partial charge in [-0.2, -0.15) is 14.6 Å². The maximum Gasteiger partial charge on any atom is 0.238 e. The van der Waals surface area contributed by atoms with E-state index in [4.69, 9.17) is 11.0 Å². The molecule has 1 unspecified atom stereocenters. The van der Waals surface area contributed by atoms with Crippen molar-refractivity contribution in [2.75, 3.05) is 18.0 Å². The molecule has 0 aliphatic carbocycles. The molecule has 0 aromatic carbocycles. The number of aromatic nitrogens is 2. The topological polar surface area (TPSA) is 78.8 Å². The summed E-state index contributed by atoms with van der Waals surface area (Å²) < 4.78 is 4.08. The Labute approximate surface area is 80.0 Å². The lowest BCUT2D eigenvalue weighted by Crippen LogP contribution is -2.26. The summed E-state index contributed by atoms with van der Waals surface area (Å²) >= 11 is 1.13. The van der Waals surface area contributed by atoms with Crippen molar-refractivity contribution in [2.45, 2.75) is 12.5 Å². The normalized spacial score (nSPS) is 21.8. The van der Waals surface area contributed by atoms with Gasteiger partial charge in [0, 0.05) is 19.1 Å². The summed E-state index contributed by atoms with van der Waals surface area (Å²) in [4.78, 5) is 6.08. The summed E-state index contributed by atoms with van der Waals surface area (Å²) in [6, 6.07) is 2.19. The third-order valence-corrected chi connectivity index (χ3v) is 2.63. The molecule has 0 saturated carbocycles. The molecule has 1 fully saturated rings. The average Bonchev–Trinajstić information content (AvgIpc) is 2.71. The maximum atomic E-state index is 8.56. The molecule has 2 heterocycles. The van der Waals surface area contributed by atoms with Crippen LogP contribution in [0.1, 0.15) is 11.4 Å². The largest absolute Gasteiger partial charge is 0.338 e. The van der Waals surface area contributed by atoms with Crippen LogP contribution < -0.4 is 10.6 Å². The van der Waals surface area contributed by atoms with Crippen LogP contribution in [-0.4, -0.2) is 28.5 Å². The zero-order chi connectivity index (χ0) is 9.26. The quantitative estimate of drug-likeness (QED) is 0.679. The lowest BCUT2D eigenvalue weighted by molar-refractivity contribution is 0.751. The summed E-state index contributed by atoms with van der Waals surface area (Å²) in [5, 5.41) is 8.97. The van der Waals surface area contributed by atoms with Crippen LogP contribution in [0.5, 0.6) is 0 Å². The van der Waals surface area contributed by atoms with Gasteiger partial charge in [-0.05, 0) is 18.0 Å². The smallest absolute Gasteiger partial charge is 0.238 e. The van der Waals surface area contributed by atoms with Gasteiger partial charge in [-0.1, -0.05) is 0 Å². The second kappa shape index (κ2) is 3.28. The summed E-state index contributed by atoms with van der Waals surface area (Å²) in [6.07, 6.45) is 0.973. The van der Waals surface area contributed by atoms with E-state index in [0.29, 0.717) is 11.0 Å². The predicted octanol–water partition coefficient (Wildman–Crippen LogP) is -0.0528. The fourth-order valence-electron chi connectivity index (χ4n) is 1.36. The molecule has 1 aliphatic heterocycles. The number of hydrogen-bond donors (Lipinski definition) is 1. The molecule has 1 saturated heterocycles. The van der Waals surface area contributed by atoms with Gasteiger partial charge in [-0.15, -0.1) is 0 Å². The Balaban J connectivity index is 2.13. The van der Waals surface area contributed by atoms with Crippen LogP contribution in [-0.2, 0) is 0 Å². The highest BCUT2D eigenvalue weighted by Crippen LogP contribution is 2.17. The highest BCUT2D eigenvalue weighted by molar-refractivity contribution is 7.06. The van der Waals surface area contributed by atoms with Crippen LogP contribution in [0, 0.1) is 11.3 Å². The van der Waals surface area contributed by atoms with Crippen molar-refractivity contribution >= 4 is 17.5 Å². The molecule has 68 valence electrons. The molecular formula is C7H9N5S. The maximum absolute atomic E-state index is 8.56. The molecular weight excluding hydrogens is 186 g/mol. The number of nitrogens with zero attached hydrogens (tertiary/aromatic N) is 4. The number of nitrogens with two attached hydrogens (primary N) is 1. The minimum atomic E-state index is 0.217. The van der Waals surface area contributed by atoms with Crippen molar-refractivity contribution in [1.82, 2.24) is 9.36 Å². The Morgan fingerprint density at radius 1 is 1.69 bits per heavy atom. The first-order valence-corrected chi connectivity index (χ1v) is 4.81. The van der Waals surface area contributed by atoms with Crippen molar-refractivity contribution in [2.24, 2.45) is 5.73 Å². The highest BCUT2D eigenvalue weighted by atomic mass is 32.1. The minimum absolute atomic E-state index is 0.217. The fourth-order valence-corrected chi connectivity index (χ4v) is 1.85. The molecule has 2 N–H and O–H groups in total. The molecule has 0 spiro atoms. The Kier molecular flexibility index (Phi) is 2.12. The number of anilines is 1. The molecule has 1 atom stereocenters. The van der Waals surface area contributed by atoms with Gasteiger partial charge in [0.05, 0.1) is 0 Å². The van der Waals surface area contributed by atoms with Gasteiger partial charge in [-0.3, -0.25) is 0 Å². The Morgan fingerprint density at radius 3 is 3.08 bits per heavy atom. The molecule has 5 nitrogen and oxygen atoms in total. The van der Waals surface area contributed by atoms with E-state index in [-0.39, 0.29) is 6.04 Å². The third kappa shape index (κ3) is 1.61. The van der Waals surface area contributed by atoms with Gasteiger partial charge in [0.25, 0.3) is 0 Å². The lowest BCUT2D eigenvalue weighted by atomic mass is 10.3. The van der Waals surface area contributed by atoms with Crippen LogP contribution in [0.25, 0.3) is 0 Å². The molecule has 0 radical (unpaired) electrons. The van der Waals surface area contributed by atoms with Crippen molar-refractivity contribution in [3.05, 3.63) is 5.01 Å². The van der Waals surface area contributed by atoms with E-state index in [1.165, 1.54) is 0 Å². The summed E-state index contributed by atoms with van der Waals surface area (Å²) in [5.74, 6) is 0.648. The second-order valence-electron chi connectivity index (χ2n) is 3.01. The lowest BCUT2D eigenvalue weighted by Gasteiger charge is -2.11. The van der Waals surface area contributed by atoms with Gasteiger partial charge in [0.2, 0.25) is 11.0 Å². The van der Waals surface area contributed by atoms with Crippen LogP contribution >= 0.6 is 11.5 Å². The Bertz CT molecular complexity index is 341. The van der Waals surface area contributed by atoms with Gasteiger partial charge >= 0.3 is 0 Å². The number of hydrogen-bond acceptors (Lipinski definition) is 6. The predicted molar refractivity (Wildman–Crippen MR) is 49.4 cm³/mol.